The lowest BCUT2D eigenvalue weighted by Crippen LogP contribution is -1.86. The van der Waals surface area contributed by atoms with Crippen molar-refractivity contribution < 1.29 is 0 Å². The lowest BCUT2D eigenvalue weighted by Gasteiger charge is -2.12. The first-order chi connectivity index (χ1) is 8.43. The second-order valence-electron chi connectivity index (χ2n) is 3.44. The van der Waals surface area contributed by atoms with E-state index in [9.17, 15) is 0 Å². The highest BCUT2D eigenvalue weighted by molar-refractivity contribution is 6.50. The molecule has 6 heteroatoms. The molecular weight excluding hydrogens is 357 g/mol. The zero-order valence-electron chi connectivity index (χ0n) is 8.58. The Labute approximate surface area is 134 Å². The second-order valence-corrected chi connectivity index (χ2v) is 5.80. The third kappa shape index (κ3) is 2.56. The fraction of sp³-hybridized carbons (Fsp3) is 0. The zero-order chi connectivity index (χ0) is 13.4. The smallest absolute Gasteiger partial charge is 0.0784 e. The van der Waals surface area contributed by atoms with Gasteiger partial charge < -0.3 is 0 Å². The minimum atomic E-state index is 0.253. The average molecular weight is 361 g/mol. The Morgan fingerprint density at radius 1 is 0.500 bits per heavy atom. The van der Waals surface area contributed by atoms with Gasteiger partial charge in [0, 0.05) is 11.1 Å². The molecule has 0 aliphatic heterocycles. The van der Waals surface area contributed by atoms with E-state index < -0.39 is 0 Å². The Kier molecular flexibility index (Phi) is 4.59. The fourth-order valence-electron chi connectivity index (χ4n) is 1.49. The van der Waals surface area contributed by atoms with Crippen LogP contribution in [-0.2, 0) is 0 Å². The van der Waals surface area contributed by atoms with Crippen LogP contribution in [0.3, 0.4) is 0 Å². The van der Waals surface area contributed by atoms with E-state index in [0.29, 0.717) is 31.2 Å². The van der Waals surface area contributed by atoms with Crippen LogP contribution in [0.15, 0.2) is 24.3 Å². The summed E-state index contributed by atoms with van der Waals surface area (Å²) in [5.41, 5.74) is 1.12. The van der Waals surface area contributed by atoms with Gasteiger partial charge >= 0.3 is 0 Å². The molecule has 2 rings (SSSR count). The highest BCUT2D eigenvalue weighted by Gasteiger charge is 2.17. The third-order valence-corrected chi connectivity index (χ3v) is 4.76. The van der Waals surface area contributed by atoms with Crippen LogP contribution in [-0.4, -0.2) is 0 Å². The van der Waals surface area contributed by atoms with Gasteiger partial charge in [-0.05, 0) is 18.2 Å². The molecule has 2 aromatic rings. The van der Waals surface area contributed by atoms with Crippen molar-refractivity contribution in [1.82, 2.24) is 0 Å². The summed E-state index contributed by atoms with van der Waals surface area (Å²) in [5, 5.41) is 2.05. The molecule has 0 heterocycles. The normalized spacial score (nSPS) is 10.8. The number of halogens is 6. The van der Waals surface area contributed by atoms with Crippen LogP contribution in [0.2, 0.25) is 30.1 Å². The second kappa shape index (κ2) is 5.66. The van der Waals surface area contributed by atoms with Gasteiger partial charge in [0.2, 0.25) is 0 Å². The molecule has 0 unspecified atom stereocenters. The standard InChI is InChI=1S/C12H4Cl6/c13-6-3-4-7(14)11(17)9(6)5-1-2-8(15)12(18)10(5)16/h1-4H. The molecule has 0 N–H and O–H groups in total. The van der Waals surface area contributed by atoms with Gasteiger partial charge in [-0.25, -0.2) is 0 Å². The predicted molar refractivity (Wildman–Crippen MR) is 81.9 cm³/mol. The highest BCUT2D eigenvalue weighted by atomic mass is 35.5. The lowest BCUT2D eigenvalue weighted by molar-refractivity contribution is 1.61. The van der Waals surface area contributed by atoms with Gasteiger partial charge in [0.15, 0.2) is 0 Å². The van der Waals surface area contributed by atoms with Crippen molar-refractivity contribution in [2.75, 3.05) is 0 Å². The lowest BCUT2D eigenvalue weighted by atomic mass is 10.1. The molecular formula is C12H4Cl6. The molecule has 0 atom stereocenters. The van der Waals surface area contributed by atoms with E-state index in [0.717, 1.165) is 0 Å². The molecule has 0 radical (unpaired) electrons. The van der Waals surface area contributed by atoms with Crippen molar-refractivity contribution in [3.8, 4) is 11.1 Å². The van der Waals surface area contributed by atoms with E-state index in [-0.39, 0.29) is 10.0 Å². The summed E-state index contributed by atoms with van der Waals surface area (Å²) in [6.07, 6.45) is 0. The Morgan fingerprint density at radius 3 is 1.67 bits per heavy atom. The SMILES string of the molecule is Clc1ccc(-c2c(Cl)ccc(Cl)c2Cl)c(Cl)c1Cl. The molecule has 0 aliphatic rings. The number of rotatable bonds is 1. The van der Waals surface area contributed by atoms with Crippen LogP contribution in [0, 0.1) is 0 Å². The van der Waals surface area contributed by atoms with Crippen molar-refractivity contribution in [2.24, 2.45) is 0 Å². The summed E-state index contributed by atoms with van der Waals surface area (Å²) < 4.78 is 0. The van der Waals surface area contributed by atoms with E-state index in [1.54, 1.807) is 24.3 Å². The zero-order valence-corrected chi connectivity index (χ0v) is 13.1. The van der Waals surface area contributed by atoms with Crippen molar-refractivity contribution in [2.45, 2.75) is 0 Å². The summed E-state index contributed by atoms with van der Waals surface area (Å²) >= 11 is 36.3. The summed E-state index contributed by atoms with van der Waals surface area (Å²) in [5.74, 6) is 0. The van der Waals surface area contributed by atoms with E-state index >= 15 is 0 Å². The number of hydrogen-bond acceptors (Lipinski definition) is 0. The van der Waals surface area contributed by atoms with Crippen LogP contribution < -0.4 is 0 Å². The van der Waals surface area contributed by atoms with Crippen molar-refractivity contribution >= 4 is 69.6 Å². The largest absolute Gasteiger partial charge is 0.0836 e. The summed E-state index contributed by atoms with van der Waals surface area (Å²) in [4.78, 5) is 0. The maximum atomic E-state index is 6.15. The molecule has 18 heavy (non-hydrogen) atoms. The maximum absolute atomic E-state index is 6.15. The molecule has 0 amide bonds. The van der Waals surface area contributed by atoms with Crippen LogP contribution in [0.25, 0.3) is 11.1 Å². The van der Waals surface area contributed by atoms with Gasteiger partial charge in [-0.1, -0.05) is 75.7 Å². The van der Waals surface area contributed by atoms with E-state index in [2.05, 4.69) is 0 Å². The minimum Gasteiger partial charge on any atom is -0.0836 e. The first-order valence-corrected chi connectivity index (χ1v) is 6.97. The Balaban J connectivity index is 2.78. The van der Waals surface area contributed by atoms with Gasteiger partial charge in [0.1, 0.15) is 0 Å². The summed E-state index contributed by atoms with van der Waals surface area (Å²) in [6.45, 7) is 0. The number of hydrogen-bond donors (Lipinski definition) is 0. The first-order valence-electron chi connectivity index (χ1n) is 4.71. The van der Waals surface area contributed by atoms with Crippen molar-refractivity contribution in [3.63, 3.8) is 0 Å². The molecule has 0 saturated carbocycles. The van der Waals surface area contributed by atoms with E-state index in [1.165, 1.54) is 0 Å². The van der Waals surface area contributed by atoms with Gasteiger partial charge in [-0.2, -0.15) is 0 Å². The molecule has 0 fully saturated rings. The topological polar surface area (TPSA) is 0 Å². The Bertz CT molecular complexity index is 620. The molecule has 2 aromatic carbocycles. The monoisotopic (exact) mass is 358 g/mol. The summed E-state index contributed by atoms with van der Waals surface area (Å²) in [6, 6.07) is 6.57. The van der Waals surface area contributed by atoms with Crippen LogP contribution in [0.1, 0.15) is 0 Å². The fourth-order valence-corrected chi connectivity index (χ4v) is 2.85. The maximum Gasteiger partial charge on any atom is 0.0784 e. The van der Waals surface area contributed by atoms with Crippen LogP contribution >= 0.6 is 69.6 Å². The van der Waals surface area contributed by atoms with Gasteiger partial charge in [-0.3, -0.25) is 0 Å². The highest BCUT2D eigenvalue weighted by Crippen LogP contribution is 2.45. The minimum absolute atomic E-state index is 0.253. The molecule has 0 spiro atoms. The summed E-state index contributed by atoms with van der Waals surface area (Å²) in [7, 11) is 0. The molecule has 94 valence electrons. The third-order valence-electron chi connectivity index (χ3n) is 2.35. The van der Waals surface area contributed by atoms with Gasteiger partial charge in [0.25, 0.3) is 0 Å². The van der Waals surface area contributed by atoms with E-state index in [1.807, 2.05) is 0 Å². The van der Waals surface area contributed by atoms with E-state index in [4.69, 9.17) is 69.6 Å². The molecule has 0 bridgehead atoms. The number of benzene rings is 2. The average Bonchev–Trinajstić information content (AvgIpc) is 2.34. The van der Waals surface area contributed by atoms with Gasteiger partial charge in [-0.15, -0.1) is 0 Å². The van der Waals surface area contributed by atoms with Crippen molar-refractivity contribution in [1.29, 1.82) is 0 Å². The van der Waals surface area contributed by atoms with Crippen LogP contribution in [0.5, 0.6) is 0 Å². The van der Waals surface area contributed by atoms with Gasteiger partial charge in [0.05, 0.1) is 30.1 Å². The van der Waals surface area contributed by atoms with Crippen molar-refractivity contribution in [3.05, 3.63) is 54.4 Å². The quantitative estimate of drug-likeness (QED) is 0.370. The molecule has 0 aromatic heterocycles. The molecule has 0 aliphatic carbocycles. The molecule has 0 nitrogen and oxygen atoms in total. The van der Waals surface area contributed by atoms with Crippen LogP contribution in [0.4, 0.5) is 0 Å². The molecule has 0 saturated heterocycles. The predicted octanol–water partition coefficient (Wildman–Crippen LogP) is 7.27. The Morgan fingerprint density at radius 2 is 1.00 bits per heavy atom. The first kappa shape index (κ1) is 14.6. The Hall–Kier alpha value is 0.180.